The second-order valence-electron chi connectivity index (χ2n) is 6.20. The molecule has 1 amide bonds. The number of hydrogen-bond donors (Lipinski definition) is 2. The van der Waals surface area contributed by atoms with Crippen LogP contribution in [0.2, 0.25) is 0 Å². The van der Waals surface area contributed by atoms with E-state index >= 15 is 0 Å². The van der Waals surface area contributed by atoms with E-state index in [9.17, 15) is 9.90 Å². The van der Waals surface area contributed by atoms with Crippen LogP contribution in [-0.2, 0) is 9.53 Å². The summed E-state index contributed by atoms with van der Waals surface area (Å²) in [6.07, 6.45) is 5.09. The lowest BCUT2D eigenvalue weighted by Crippen LogP contribution is -2.64. The molecule has 0 aromatic heterocycles. The quantitative estimate of drug-likeness (QED) is 0.744. The summed E-state index contributed by atoms with van der Waals surface area (Å²) in [5.41, 5.74) is -0.564. The van der Waals surface area contributed by atoms with E-state index < -0.39 is 5.60 Å². The SMILES string of the molecule is O=C(CCOC1CCNCC1)N1CC(O)(C2CC2)C1. The highest BCUT2D eigenvalue weighted by Gasteiger charge is 2.52. The molecule has 2 heterocycles. The lowest BCUT2D eigenvalue weighted by Gasteiger charge is -2.47. The number of amides is 1. The molecule has 19 heavy (non-hydrogen) atoms. The average Bonchev–Trinajstić information content (AvgIpc) is 3.20. The average molecular weight is 268 g/mol. The summed E-state index contributed by atoms with van der Waals surface area (Å²) >= 11 is 0. The van der Waals surface area contributed by atoms with Crippen molar-refractivity contribution >= 4 is 5.91 Å². The molecule has 108 valence electrons. The van der Waals surface area contributed by atoms with Crippen LogP contribution in [-0.4, -0.2) is 60.4 Å². The standard InChI is InChI=1S/C14H24N2O3/c17-13(5-8-19-12-3-6-15-7-4-12)16-9-14(18,10-16)11-1-2-11/h11-12,15,18H,1-10H2. The fourth-order valence-corrected chi connectivity index (χ4v) is 3.10. The molecule has 0 atom stereocenters. The van der Waals surface area contributed by atoms with Gasteiger partial charge in [0.15, 0.2) is 0 Å². The molecule has 2 aliphatic heterocycles. The maximum Gasteiger partial charge on any atom is 0.225 e. The molecule has 3 rings (SSSR count). The van der Waals surface area contributed by atoms with E-state index in [0.29, 0.717) is 38.1 Å². The van der Waals surface area contributed by atoms with Gasteiger partial charge in [-0.25, -0.2) is 0 Å². The van der Waals surface area contributed by atoms with Gasteiger partial charge in [0.25, 0.3) is 0 Å². The predicted molar refractivity (Wildman–Crippen MR) is 70.7 cm³/mol. The molecule has 0 radical (unpaired) electrons. The lowest BCUT2D eigenvalue weighted by atomic mass is 9.88. The van der Waals surface area contributed by atoms with Gasteiger partial charge in [-0.05, 0) is 44.7 Å². The summed E-state index contributed by atoms with van der Waals surface area (Å²) in [6.45, 7) is 3.61. The van der Waals surface area contributed by atoms with Crippen molar-refractivity contribution in [2.75, 3.05) is 32.8 Å². The zero-order valence-electron chi connectivity index (χ0n) is 11.4. The van der Waals surface area contributed by atoms with Crippen molar-refractivity contribution in [3.05, 3.63) is 0 Å². The molecule has 5 nitrogen and oxygen atoms in total. The Morgan fingerprint density at radius 2 is 1.95 bits per heavy atom. The van der Waals surface area contributed by atoms with Gasteiger partial charge >= 0.3 is 0 Å². The van der Waals surface area contributed by atoms with Crippen LogP contribution in [0, 0.1) is 5.92 Å². The summed E-state index contributed by atoms with van der Waals surface area (Å²) in [7, 11) is 0. The van der Waals surface area contributed by atoms with Crippen LogP contribution in [0.15, 0.2) is 0 Å². The van der Waals surface area contributed by atoms with Gasteiger partial charge in [-0.3, -0.25) is 4.79 Å². The summed E-state index contributed by atoms with van der Waals surface area (Å²) in [5, 5.41) is 13.5. The fourth-order valence-electron chi connectivity index (χ4n) is 3.10. The number of nitrogens with zero attached hydrogens (tertiary/aromatic N) is 1. The first-order chi connectivity index (χ1) is 9.17. The Labute approximate surface area is 114 Å². The number of carbonyl (C=O) groups is 1. The molecule has 3 fully saturated rings. The third-order valence-corrected chi connectivity index (χ3v) is 4.57. The maximum absolute atomic E-state index is 11.9. The highest BCUT2D eigenvalue weighted by Crippen LogP contribution is 2.44. The van der Waals surface area contributed by atoms with E-state index in [1.165, 1.54) is 0 Å². The number of likely N-dealkylation sites (tertiary alicyclic amines) is 1. The molecule has 5 heteroatoms. The molecular formula is C14H24N2O3. The molecule has 2 saturated heterocycles. The van der Waals surface area contributed by atoms with Crippen molar-refractivity contribution in [3.8, 4) is 0 Å². The Hall–Kier alpha value is -0.650. The van der Waals surface area contributed by atoms with Gasteiger partial charge < -0.3 is 20.1 Å². The van der Waals surface area contributed by atoms with Gasteiger partial charge in [0.1, 0.15) is 5.60 Å². The normalized spacial score (nSPS) is 27.1. The number of carbonyl (C=O) groups excluding carboxylic acids is 1. The summed E-state index contributed by atoms with van der Waals surface area (Å²) in [5.74, 6) is 0.571. The second-order valence-corrected chi connectivity index (χ2v) is 6.20. The largest absolute Gasteiger partial charge is 0.386 e. The molecule has 0 unspecified atom stereocenters. The highest BCUT2D eigenvalue weighted by molar-refractivity contribution is 5.77. The molecule has 1 saturated carbocycles. The van der Waals surface area contributed by atoms with Gasteiger partial charge in [-0.15, -0.1) is 0 Å². The molecule has 0 aromatic carbocycles. The maximum atomic E-state index is 11.9. The van der Waals surface area contributed by atoms with E-state index in [0.717, 1.165) is 38.8 Å². The number of β-amino-alcohol motifs (C(OH)–C–C–N with tert-alkyl or cyclic N) is 1. The molecule has 2 N–H and O–H groups in total. The van der Waals surface area contributed by atoms with E-state index in [4.69, 9.17) is 4.74 Å². The van der Waals surface area contributed by atoms with Crippen LogP contribution >= 0.6 is 0 Å². The topological polar surface area (TPSA) is 61.8 Å². The smallest absolute Gasteiger partial charge is 0.225 e. The number of ether oxygens (including phenoxy) is 1. The third-order valence-electron chi connectivity index (χ3n) is 4.57. The summed E-state index contributed by atoms with van der Waals surface area (Å²) in [6, 6.07) is 0. The molecule has 0 aromatic rings. The zero-order valence-corrected chi connectivity index (χ0v) is 11.4. The Balaban J connectivity index is 1.31. The number of hydrogen-bond acceptors (Lipinski definition) is 4. The molecular weight excluding hydrogens is 244 g/mol. The van der Waals surface area contributed by atoms with Gasteiger partial charge in [-0.2, -0.15) is 0 Å². The molecule has 1 aliphatic carbocycles. The minimum Gasteiger partial charge on any atom is -0.386 e. The first-order valence-corrected chi connectivity index (χ1v) is 7.50. The summed E-state index contributed by atoms with van der Waals surface area (Å²) in [4.78, 5) is 13.7. The first kappa shape index (κ1) is 13.3. The Bertz CT molecular complexity index is 332. The second kappa shape index (κ2) is 5.38. The first-order valence-electron chi connectivity index (χ1n) is 7.50. The van der Waals surface area contributed by atoms with E-state index in [1.807, 2.05) is 0 Å². The number of nitrogens with one attached hydrogen (secondary N) is 1. The minimum absolute atomic E-state index is 0.124. The third kappa shape index (κ3) is 3.09. The van der Waals surface area contributed by atoms with Gasteiger partial charge in [0.05, 0.1) is 32.2 Å². The van der Waals surface area contributed by atoms with Crippen molar-refractivity contribution in [2.24, 2.45) is 5.92 Å². The number of piperidine rings is 1. The zero-order chi connectivity index (χ0) is 13.3. The van der Waals surface area contributed by atoms with Gasteiger partial charge in [0.2, 0.25) is 5.91 Å². The predicted octanol–water partition coefficient (Wildman–Crippen LogP) is 0.128. The molecule has 3 aliphatic rings. The minimum atomic E-state index is -0.564. The van der Waals surface area contributed by atoms with Crippen LogP contribution in [0.4, 0.5) is 0 Å². The van der Waals surface area contributed by atoms with Crippen LogP contribution in [0.5, 0.6) is 0 Å². The van der Waals surface area contributed by atoms with Crippen molar-refractivity contribution in [2.45, 2.75) is 43.8 Å². The van der Waals surface area contributed by atoms with E-state index in [1.54, 1.807) is 4.90 Å². The number of rotatable bonds is 5. The van der Waals surface area contributed by atoms with Crippen LogP contribution in [0.1, 0.15) is 32.1 Å². The van der Waals surface area contributed by atoms with Crippen LogP contribution in [0.3, 0.4) is 0 Å². The Kier molecular flexibility index (Phi) is 3.78. The Morgan fingerprint density at radius 3 is 2.58 bits per heavy atom. The van der Waals surface area contributed by atoms with Crippen molar-refractivity contribution in [3.63, 3.8) is 0 Å². The van der Waals surface area contributed by atoms with Crippen LogP contribution in [0.25, 0.3) is 0 Å². The van der Waals surface area contributed by atoms with E-state index in [-0.39, 0.29) is 5.91 Å². The lowest BCUT2D eigenvalue weighted by molar-refractivity contribution is -0.160. The van der Waals surface area contributed by atoms with Crippen molar-refractivity contribution < 1.29 is 14.6 Å². The van der Waals surface area contributed by atoms with Crippen LogP contribution < -0.4 is 5.32 Å². The van der Waals surface area contributed by atoms with Gasteiger partial charge in [-0.1, -0.05) is 0 Å². The van der Waals surface area contributed by atoms with Crippen molar-refractivity contribution in [1.29, 1.82) is 0 Å². The van der Waals surface area contributed by atoms with E-state index in [2.05, 4.69) is 5.32 Å². The number of aliphatic hydroxyl groups is 1. The molecule has 0 bridgehead atoms. The fraction of sp³-hybridized carbons (Fsp3) is 0.929. The molecule has 0 spiro atoms. The summed E-state index contributed by atoms with van der Waals surface area (Å²) < 4.78 is 5.73. The Morgan fingerprint density at radius 1 is 1.26 bits per heavy atom. The van der Waals surface area contributed by atoms with Gasteiger partial charge in [0, 0.05) is 0 Å². The highest BCUT2D eigenvalue weighted by atomic mass is 16.5. The van der Waals surface area contributed by atoms with Crippen molar-refractivity contribution in [1.82, 2.24) is 10.2 Å². The monoisotopic (exact) mass is 268 g/mol.